The van der Waals surface area contributed by atoms with Crippen molar-refractivity contribution in [2.45, 2.75) is 51.1 Å². The van der Waals surface area contributed by atoms with E-state index < -0.39 is 16.1 Å². The molecule has 0 bridgehead atoms. The van der Waals surface area contributed by atoms with Gasteiger partial charge in [0, 0.05) is 11.7 Å². The van der Waals surface area contributed by atoms with Gasteiger partial charge in [-0.15, -0.1) is 12.4 Å². The van der Waals surface area contributed by atoms with Gasteiger partial charge in [0.05, 0.1) is 10.9 Å². The lowest BCUT2D eigenvalue weighted by Gasteiger charge is -2.17. The van der Waals surface area contributed by atoms with Crippen molar-refractivity contribution in [2.24, 2.45) is 11.7 Å². The number of hydrogen-bond acceptors (Lipinski definition) is 4. The maximum Gasteiger partial charge on any atom is 0.241 e. The van der Waals surface area contributed by atoms with E-state index in [4.69, 9.17) is 5.73 Å². The first-order valence-corrected chi connectivity index (χ1v) is 8.84. The highest BCUT2D eigenvalue weighted by molar-refractivity contribution is 7.89. The minimum absolute atomic E-state index is 0. The molecule has 8 heteroatoms. The summed E-state index contributed by atoms with van der Waals surface area (Å²) in [4.78, 5) is 12.1. The number of hydrogen-bond donors (Lipinski definition) is 3. The SMILES string of the molecule is CCC(C)C(N)C(=O)Nc1ccc(S(=O)(=O)NC(C)C)cc1.Cl. The largest absolute Gasteiger partial charge is 0.325 e. The lowest BCUT2D eigenvalue weighted by atomic mass is 9.99. The summed E-state index contributed by atoms with van der Waals surface area (Å²) < 4.78 is 26.5. The van der Waals surface area contributed by atoms with E-state index in [1.54, 1.807) is 26.0 Å². The van der Waals surface area contributed by atoms with Crippen LogP contribution in [0.2, 0.25) is 0 Å². The highest BCUT2D eigenvalue weighted by Crippen LogP contribution is 2.15. The Morgan fingerprint density at radius 1 is 1.17 bits per heavy atom. The maximum absolute atomic E-state index is 12.0. The second-order valence-corrected chi connectivity index (χ2v) is 7.41. The van der Waals surface area contributed by atoms with Gasteiger partial charge in [-0.1, -0.05) is 20.3 Å². The topological polar surface area (TPSA) is 101 Å². The smallest absolute Gasteiger partial charge is 0.241 e. The van der Waals surface area contributed by atoms with Crippen molar-refractivity contribution in [2.75, 3.05) is 5.32 Å². The number of halogens is 1. The van der Waals surface area contributed by atoms with Crippen LogP contribution in [0.3, 0.4) is 0 Å². The number of anilines is 1. The van der Waals surface area contributed by atoms with Crippen LogP contribution >= 0.6 is 12.4 Å². The molecule has 1 amide bonds. The van der Waals surface area contributed by atoms with Crippen molar-refractivity contribution in [3.8, 4) is 0 Å². The molecule has 1 aromatic rings. The minimum Gasteiger partial charge on any atom is -0.325 e. The number of carbonyl (C=O) groups is 1. The van der Waals surface area contributed by atoms with Crippen molar-refractivity contribution in [3.05, 3.63) is 24.3 Å². The fourth-order valence-corrected chi connectivity index (χ4v) is 3.08. The van der Waals surface area contributed by atoms with Crippen LogP contribution < -0.4 is 15.8 Å². The summed E-state index contributed by atoms with van der Waals surface area (Å²) in [5, 5.41) is 2.70. The molecule has 0 spiro atoms. The maximum atomic E-state index is 12.0. The van der Waals surface area contributed by atoms with Gasteiger partial charge < -0.3 is 11.1 Å². The third-order valence-electron chi connectivity index (χ3n) is 3.38. The number of sulfonamides is 1. The fraction of sp³-hybridized carbons (Fsp3) is 0.533. The third-order valence-corrected chi connectivity index (χ3v) is 5.06. The van der Waals surface area contributed by atoms with Crippen LogP contribution in [0.1, 0.15) is 34.1 Å². The molecule has 0 heterocycles. The summed E-state index contributed by atoms with van der Waals surface area (Å²) in [6.45, 7) is 7.39. The number of nitrogens with two attached hydrogens (primary N) is 1. The molecule has 0 aliphatic carbocycles. The molecule has 0 fully saturated rings. The third kappa shape index (κ3) is 6.47. The van der Waals surface area contributed by atoms with E-state index in [1.807, 2.05) is 13.8 Å². The van der Waals surface area contributed by atoms with E-state index in [1.165, 1.54) is 12.1 Å². The monoisotopic (exact) mass is 363 g/mol. The molecule has 2 unspecified atom stereocenters. The molecule has 132 valence electrons. The summed E-state index contributed by atoms with van der Waals surface area (Å²) in [6.07, 6.45) is 0.812. The Kier molecular flexibility index (Phi) is 8.76. The quantitative estimate of drug-likeness (QED) is 0.690. The molecule has 6 nitrogen and oxygen atoms in total. The van der Waals surface area contributed by atoms with Gasteiger partial charge in [-0.05, 0) is 44.0 Å². The summed E-state index contributed by atoms with van der Waals surface area (Å²) in [5.74, 6) is -0.194. The first kappa shape index (κ1) is 21.9. The van der Waals surface area contributed by atoms with Crippen LogP contribution in [-0.2, 0) is 14.8 Å². The van der Waals surface area contributed by atoms with Gasteiger partial charge in [-0.2, -0.15) is 0 Å². The molecule has 0 aliphatic rings. The molecule has 0 saturated carbocycles. The first-order valence-electron chi connectivity index (χ1n) is 7.36. The Labute approximate surface area is 144 Å². The molecule has 23 heavy (non-hydrogen) atoms. The van der Waals surface area contributed by atoms with Crippen molar-refractivity contribution >= 4 is 34.0 Å². The van der Waals surface area contributed by atoms with Crippen LogP contribution in [0.4, 0.5) is 5.69 Å². The van der Waals surface area contributed by atoms with Crippen LogP contribution in [0.5, 0.6) is 0 Å². The summed E-state index contributed by atoms with van der Waals surface area (Å²) in [6, 6.07) is 5.24. The molecule has 1 rings (SSSR count). The molecule has 4 N–H and O–H groups in total. The van der Waals surface area contributed by atoms with Gasteiger partial charge in [0.2, 0.25) is 15.9 Å². The summed E-state index contributed by atoms with van der Waals surface area (Å²) in [7, 11) is -3.53. The molecule has 1 aromatic carbocycles. The average molecular weight is 364 g/mol. The molecule has 0 saturated heterocycles. The Bertz CT molecular complexity index is 603. The zero-order chi connectivity index (χ0) is 16.9. The number of amides is 1. The van der Waals surface area contributed by atoms with Crippen LogP contribution in [-0.4, -0.2) is 26.4 Å². The Balaban J connectivity index is 0.00000484. The molecular formula is C15H26ClN3O3S. The van der Waals surface area contributed by atoms with Gasteiger partial charge in [0.25, 0.3) is 0 Å². The Morgan fingerprint density at radius 3 is 2.13 bits per heavy atom. The zero-order valence-corrected chi connectivity index (χ0v) is 15.5. The molecule has 0 aromatic heterocycles. The van der Waals surface area contributed by atoms with Crippen LogP contribution in [0.15, 0.2) is 29.2 Å². The molecule has 2 atom stereocenters. The predicted octanol–water partition coefficient (Wildman–Crippen LogP) is 2.11. The van der Waals surface area contributed by atoms with E-state index in [0.717, 1.165) is 6.42 Å². The van der Waals surface area contributed by atoms with E-state index in [2.05, 4.69) is 10.0 Å². The van der Waals surface area contributed by atoms with Gasteiger partial charge in [0.15, 0.2) is 0 Å². The fourth-order valence-electron chi connectivity index (χ4n) is 1.83. The van der Waals surface area contributed by atoms with Gasteiger partial charge in [0.1, 0.15) is 0 Å². The number of nitrogens with one attached hydrogen (secondary N) is 2. The molecule has 0 radical (unpaired) electrons. The number of rotatable bonds is 7. The van der Waals surface area contributed by atoms with Crippen molar-refractivity contribution in [1.82, 2.24) is 4.72 Å². The predicted molar refractivity (Wildman–Crippen MR) is 95.2 cm³/mol. The second-order valence-electron chi connectivity index (χ2n) is 5.70. The minimum atomic E-state index is -3.53. The van der Waals surface area contributed by atoms with Crippen molar-refractivity contribution in [1.29, 1.82) is 0 Å². The van der Waals surface area contributed by atoms with E-state index in [-0.39, 0.29) is 35.2 Å². The molecule has 0 aliphatic heterocycles. The van der Waals surface area contributed by atoms with E-state index in [0.29, 0.717) is 5.69 Å². The van der Waals surface area contributed by atoms with Gasteiger partial charge in [-0.25, -0.2) is 13.1 Å². The normalized spacial score (nSPS) is 14.0. The van der Waals surface area contributed by atoms with E-state index >= 15 is 0 Å². The number of carbonyl (C=O) groups excluding carboxylic acids is 1. The lowest BCUT2D eigenvalue weighted by Crippen LogP contribution is -2.40. The van der Waals surface area contributed by atoms with Crippen molar-refractivity contribution in [3.63, 3.8) is 0 Å². The first-order chi connectivity index (χ1) is 10.2. The van der Waals surface area contributed by atoms with Gasteiger partial charge in [-0.3, -0.25) is 4.79 Å². The van der Waals surface area contributed by atoms with Crippen LogP contribution in [0, 0.1) is 5.92 Å². The van der Waals surface area contributed by atoms with E-state index in [9.17, 15) is 13.2 Å². The lowest BCUT2D eigenvalue weighted by molar-refractivity contribution is -0.118. The summed E-state index contributed by atoms with van der Waals surface area (Å²) >= 11 is 0. The van der Waals surface area contributed by atoms with Gasteiger partial charge >= 0.3 is 0 Å². The standard InChI is InChI=1S/C15H25N3O3S.ClH/c1-5-11(4)14(16)15(19)17-12-6-8-13(9-7-12)22(20,21)18-10(2)3;/h6-11,14,18H,5,16H2,1-4H3,(H,17,19);1H. The number of benzene rings is 1. The van der Waals surface area contributed by atoms with Crippen molar-refractivity contribution < 1.29 is 13.2 Å². The Hall–Kier alpha value is -1.15. The average Bonchev–Trinajstić information content (AvgIpc) is 2.44. The highest BCUT2D eigenvalue weighted by atomic mass is 35.5. The Morgan fingerprint density at radius 2 is 1.70 bits per heavy atom. The molecular weight excluding hydrogens is 338 g/mol. The highest BCUT2D eigenvalue weighted by Gasteiger charge is 2.20. The van der Waals surface area contributed by atoms with Crippen LogP contribution in [0.25, 0.3) is 0 Å². The zero-order valence-electron chi connectivity index (χ0n) is 13.9. The second kappa shape index (κ2) is 9.22. The summed E-state index contributed by atoms with van der Waals surface area (Å²) in [5.41, 5.74) is 6.38.